The molecule has 8 heteroatoms. The molecule has 1 heterocycles. The third kappa shape index (κ3) is 4.01. The van der Waals surface area contributed by atoms with Crippen molar-refractivity contribution in [1.82, 2.24) is 20.7 Å². The van der Waals surface area contributed by atoms with Gasteiger partial charge in [-0.2, -0.15) is 24.2 Å². The van der Waals surface area contributed by atoms with E-state index in [1.54, 1.807) is 12.1 Å². The van der Waals surface area contributed by atoms with Crippen LogP contribution in [0.25, 0.3) is 0 Å². The summed E-state index contributed by atoms with van der Waals surface area (Å²) in [4.78, 5) is 11.5. The van der Waals surface area contributed by atoms with Crippen LogP contribution in [-0.4, -0.2) is 34.5 Å². The molecule has 0 radical (unpaired) electrons. The minimum Gasteiger partial charge on any atom is -0.435 e. The first-order chi connectivity index (χ1) is 9.65. The largest absolute Gasteiger partial charge is 0.435 e. The molecule has 0 saturated heterocycles. The van der Waals surface area contributed by atoms with E-state index in [1.807, 2.05) is 0 Å². The van der Waals surface area contributed by atoms with Crippen LogP contribution < -0.4 is 10.1 Å². The number of carbonyl (C=O) groups excluding carboxylic acids is 1. The zero-order valence-electron chi connectivity index (χ0n) is 10.3. The molecule has 2 rings (SSSR count). The number of hydrogen-bond donors (Lipinski definition) is 2. The Hall–Kier alpha value is -2.51. The van der Waals surface area contributed by atoms with Crippen LogP contribution in [0.3, 0.4) is 0 Å². The molecule has 0 aliphatic carbocycles. The van der Waals surface area contributed by atoms with Crippen LogP contribution in [0, 0.1) is 0 Å². The van der Waals surface area contributed by atoms with Gasteiger partial charge in [-0.05, 0) is 24.1 Å². The Morgan fingerprint density at radius 2 is 2.10 bits per heavy atom. The normalized spacial score (nSPS) is 10.6. The lowest BCUT2D eigenvalue weighted by Gasteiger charge is -2.06. The summed E-state index contributed by atoms with van der Waals surface area (Å²) in [5.41, 5.74) is 1.11. The lowest BCUT2D eigenvalue weighted by Crippen LogP contribution is -2.26. The number of nitrogens with zero attached hydrogens (tertiary/aromatic N) is 2. The van der Waals surface area contributed by atoms with Crippen LogP contribution >= 0.6 is 0 Å². The fraction of sp³-hybridized carbons (Fsp3) is 0.250. The van der Waals surface area contributed by atoms with Gasteiger partial charge in [-0.15, -0.1) is 0 Å². The SMILES string of the molecule is O=C(NCCc1ccc(OC(F)F)cc1)c1cn[nH]n1. The van der Waals surface area contributed by atoms with Crippen molar-refractivity contribution >= 4 is 5.91 Å². The Labute approximate surface area is 113 Å². The van der Waals surface area contributed by atoms with E-state index >= 15 is 0 Å². The van der Waals surface area contributed by atoms with Crippen molar-refractivity contribution in [3.05, 3.63) is 41.7 Å². The van der Waals surface area contributed by atoms with Crippen molar-refractivity contribution in [3.63, 3.8) is 0 Å². The number of hydrogen-bond acceptors (Lipinski definition) is 4. The summed E-state index contributed by atoms with van der Waals surface area (Å²) in [6.45, 7) is -2.43. The lowest BCUT2D eigenvalue weighted by atomic mass is 10.1. The van der Waals surface area contributed by atoms with Crippen molar-refractivity contribution in [1.29, 1.82) is 0 Å². The summed E-state index contributed by atoms with van der Waals surface area (Å²) < 4.78 is 28.2. The molecule has 0 unspecified atom stereocenters. The van der Waals surface area contributed by atoms with Crippen molar-refractivity contribution in [2.24, 2.45) is 0 Å². The van der Waals surface area contributed by atoms with Gasteiger partial charge in [0, 0.05) is 6.54 Å². The molecular formula is C12H12F2N4O2. The van der Waals surface area contributed by atoms with Gasteiger partial charge in [0.25, 0.3) is 5.91 Å². The van der Waals surface area contributed by atoms with Gasteiger partial charge in [-0.25, -0.2) is 0 Å². The number of halogens is 2. The van der Waals surface area contributed by atoms with E-state index < -0.39 is 6.61 Å². The van der Waals surface area contributed by atoms with Gasteiger partial charge in [-0.3, -0.25) is 4.79 Å². The molecule has 6 nitrogen and oxygen atoms in total. The average Bonchev–Trinajstić information content (AvgIpc) is 2.94. The Bertz CT molecular complexity index is 543. The van der Waals surface area contributed by atoms with E-state index in [1.165, 1.54) is 18.3 Å². The summed E-state index contributed by atoms with van der Waals surface area (Å²) in [7, 11) is 0. The predicted octanol–water partition coefficient (Wildman–Crippen LogP) is 1.38. The molecular weight excluding hydrogens is 270 g/mol. The Kier molecular flexibility index (Phi) is 4.59. The van der Waals surface area contributed by atoms with Gasteiger partial charge in [0.1, 0.15) is 5.75 Å². The van der Waals surface area contributed by atoms with E-state index in [2.05, 4.69) is 25.5 Å². The average molecular weight is 282 g/mol. The number of aromatic nitrogens is 3. The van der Waals surface area contributed by atoms with Gasteiger partial charge in [0.2, 0.25) is 0 Å². The third-order valence-electron chi connectivity index (χ3n) is 2.50. The molecule has 0 aliphatic rings. The summed E-state index contributed by atoms with van der Waals surface area (Å²) in [6.07, 6.45) is 1.89. The molecule has 20 heavy (non-hydrogen) atoms. The summed E-state index contributed by atoms with van der Waals surface area (Å²) in [5.74, 6) is -0.216. The van der Waals surface area contributed by atoms with E-state index in [4.69, 9.17) is 0 Å². The topological polar surface area (TPSA) is 79.9 Å². The number of amides is 1. The van der Waals surface area contributed by atoms with Crippen LogP contribution in [-0.2, 0) is 6.42 Å². The summed E-state index contributed by atoms with van der Waals surface area (Å²) in [6, 6.07) is 6.25. The fourth-order valence-corrected chi connectivity index (χ4v) is 1.56. The number of carbonyl (C=O) groups is 1. The predicted molar refractivity (Wildman–Crippen MR) is 65.5 cm³/mol. The van der Waals surface area contributed by atoms with Crippen molar-refractivity contribution in [2.75, 3.05) is 6.54 Å². The molecule has 106 valence electrons. The molecule has 0 bridgehead atoms. The molecule has 1 aromatic carbocycles. The maximum atomic E-state index is 12.0. The monoisotopic (exact) mass is 282 g/mol. The van der Waals surface area contributed by atoms with Crippen LogP contribution in [0.5, 0.6) is 5.75 Å². The van der Waals surface area contributed by atoms with E-state index in [-0.39, 0.29) is 17.4 Å². The highest BCUT2D eigenvalue weighted by atomic mass is 19.3. The summed E-state index contributed by atoms with van der Waals surface area (Å²) in [5, 5.41) is 12.2. The zero-order chi connectivity index (χ0) is 14.4. The smallest absolute Gasteiger partial charge is 0.387 e. The molecule has 0 atom stereocenters. The third-order valence-corrected chi connectivity index (χ3v) is 2.50. The van der Waals surface area contributed by atoms with Gasteiger partial charge in [-0.1, -0.05) is 12.1 Å². The zero-order valence-corrected chi connectivity index (χ0v) is 10.3. The highest BCUT2D eigenvalue weighted by Gasteiger charge is 2.07. The highest BCUT2D eigenvalue weighted by molar-refractivity contribution is 5.91. The van der Waals surface area contributed by atoms with Crippen LogP contribution in [0.4, 0.5) is 8.78 Å². The van der Waals surface area contributed by atoms with Crippen molar-refractivity contribution in [3.8, 4) is 5.75 Å². The number of benzene rings is 1. The highest BCUT2D eigenvalue weighted by Crippen LogP contribution is 2.14. The van der Waals surface area contributed by atoms with Crippen LogP contribution in [0.1, 0.15) is 16.1 Å². The molecule has 0 fully saturated rings. The molecule has 0 spiro atoms. The van der Waals surface area contributed by atoms with E-state index in [0.717, 1.165) is 5.56 Å². The fourth-order valence-electron chi connectivity index (χ4n) is 1.56. The lowest BCUT2D eigenvalue weighted by molar-refractivity contribution is -0.0498. The standard InChI is InChI=1S/C12H12F2N4O2/c13-12(14)20-9-3-1-8(2-4-9)5-6-15-11(19)10-7-16-18-17-10/h1-4,7,12H,5-6H2,(H,15,19)(H,16,17,18). The Morgan fingerprint density at radius 1 is 1.35 bits per heavy atom. The van der Waals surface area contributed by atoms with E-state index in [0.29, 0.717) is 13.0 Å². The van der Waals surface area contributed by atoms with Gasteiger partial charge < -0.3 is 10.1 Å². The first kappa shape index (κ1) is 13.9. The minimum atomic E-state index is -2.83. The molecule has 2 N–H and O–H groups in total. The molecule has 1 aromatic heterocycles. The first-order valence-electron chi connectivity index (χ1n) is 5.83. The number of rotatable bonds is 6. The Morgan fingerprint density at radius 3 is 2.70 bits per heavy atom. The van der Waals surface area contributed by atoms with Gasteiger partial charge in [0.05, 0.1) is 6.20 Å². The second-order valence-corrected chi connectivity index (χ2v) is 3.88. The Balaban J connectivity index is 1.78. The van der Waals surface area contributed by atoms with Crippen molar-refractivity contribution < 1.29 is 18.3 Å². The summed E-state index contributed by atoms with van der Waals surface area (Å²) >= 11 is 0. The number of aromatic amines is 1. The number of alkyl halides is 2. The second kappa shape index (κ2) is 6.60. The van der Waals surface area contributed by atoms with Gasteiger partial charge in [0.15, 0.2) is 5.69 Å². The maximum Gasteiger partial charge on any atom is 0.387 e. The van der Waals surface area contributed by atoms with Crippen molar-refractivity contribution in [2.45, 2.75) is 13.0 Å². The molecule has 0 aliphatic heterocycles. The minimum absolute atomic E-state index is 0.107. The van der Waals surface area contributed by atoms with Gasteiger partial charge >= 0.3 is 6.61 Å². The maximum absolute atomic E-state index is 12.0. The van der Waals surface area contributed by atoms with Crippen LogP contribution in [0.15, 0.2) is 30.5 Å². The number of ether oxygens (including phenoxy) is 1. The number of H-pyrrole nitrogens is 1. The first-order valence-corrected chi connectivity index (χ1v) is 5.83. The molecule has 2 aromatic rings. The molecule has 1 amide bonds. The number of nitrogens with one attached hydrogen (secondary N) is 2. The quantitative estimate of drug-likeness (QED) is 0.838. The second-order valence-electron chi connectivity index (χ2n) is 3.88. The molecule has 0 saturated carbocycles. The van der Waals surface area contributed by atoms with Crippen LogP contribution in [0.2, 0.25) is 0 Å². The van der Waals surface area contributed by atoms with E-state index in [9.17, 15) is 13.6 Å².